The molecule has 1 aromatic heterocycles. The Kier molecular flexibility index (Phi) is 11.2. The molecule has 1 fully saturated rings. The SMILES string of the molecule is COCCNC1CC[C@@H](Nc2cccc3c2cc(C#CCNc2ccc(S(N)(=O)=O)cc2OCC#N)n3CC(F)(F)F)C[C@@H]1C. The number of benzene rings is 2. The van der Waals surface area contributed by atoms with Gasteiger partial charge in [-0.1, -0.05) is 18.9 Å². The van der Waals surface area contributed by atoms with Gasteiger partial charge < -0.3 is 30.0 Å². The van der Waals surface area contributed by atoms with E-state index in [2.05, 4.69) is 34.7 Å². The van der Waals surface area contributed by atoms with Crippen molar-refractivity contribution in [2.75, 3.05) is 44.0 Å². The van der Waals surface area contributed by atoms with Crippen LogP contribution in [0.3, 0.4) is 0 Å². The number of sulfonamides is 1. The first kappa shape index (κ1) is 33.9. The van der Waals surface area contributed by atoms with Gasteiger partial charge in [-0.3, -0.25) is 0 Å². The van der Waals surface area contributed by atoms with Crippen molar-refractivity contribution in [2.24, 2.45) is 11.1 Å². The highest BCUT2D eigenvalue weighted by Gasteiger charge is 2.31. The first-order valence-corrected chi connectivity index (χ1v) is 16.0. The average molecular weight is 647 g/mol. The molecule has 1 heterocycles. The van der Waals surface area contributed by atoms with Gasteiger partial charge in [0.25, 0.3) is 0 Å². The number of halogens is 3. The molecular weight excluding hydrogens is 609 g/mol. The molecule has 1 unspecified atom stereocenters. The van der Waals surface area contributed by atoms with Crippen LogP contribution in [0, 0.1) is 29.1 Å². The number of anilines is 2. The molecule has 0 saturated heterocycles. The third-order valence-corrected chi connectivity index (χ3v) is 8.59. The highest BCUT2D eigenvalue weighted by molar-refractivity contribution is 7.89. The third kappa shape index (κ3) is 9.28. The number of primary sulfonamides is 1. The summed E-state index contributed by atoms with van der Waals surface area (Å²) in [4.78, 5) is -0.200. The van der Waals surface area contributed by atoms with Crippen molar-refractivity contribution in [3.8, 4) is 23.7 Å². The fourth-order valence-electron chi connectivity index (χ4n) is 5.59. The molecular formula is C31H37F3N6O4S. The van der Waals surface area contributed by atoms with Gasteiger partial charge >= 0.3 is 6.18 Å². The van der Waals surface area contributed by atoms with Gasteiger partial charge in [0.05, 0.1) is 34.9 Å². The number of hydrogen-bond acceptors (Lipinski definition) is 8. The molecule has 0 aliphatic heterocycles. The number of nitrogens with zero attached hydrogens (tertiary/aromatic N) is 2. The summed E-state index contributed by atoms with van der Waals surface area (Å²) in [6.45, 7) is 2.09. The highest BCUT2D eigenvalue weighted by Crippen LogP contribution is 2.33. The number of fused-ring (bicyclic) bond motifs is 1. The number of alkyl halides is 3. The van der Waals surface area contributed by atoms with Crippen LogP contribution in [0.2, 0.25) is 0 Å². The van der Waals surface area contributed by atoms with Crippen LogP contribution in [0.1, 0.15) is 31.9 Å². The van der Waals surface area contributed by atoms with E-state index in [4.69, 9.17) is 19.9 Å². The van der Waals surface area contributed by atoms with E-state index in [9.17, 15) is 21.6 Å². The molecule has 3 atom stereocenters. The van der Waals surface area contributed by atoms with Crippen molar-refractivity contribution in [2.45, 2.75) is 55.9 Å². The van der Waals surface area contributed by atoms with Gasteiger partial charge in [0, 0.05) is 42.9 Å². The van der Waals surface area contributed by atoms with Gasteiger partial charge in [0.15, 0.2) is 6.61 Å². The maximum absolute atomic E-state index is 13.7. The molecule has 0 spiro atoms. The van der Waals surface area contributed by atoms with Crippen molar-refractivity contribution >= 4 is 32.3 Å². The molecule has 1 aliphatic carbocycles. The van der Waals surface area contributed by atoms with E-state index in [0.29, 0.717) is 35.2 Å². The summed E-state index contributed by atoms with van der Waals surface area (Å²) in [6, 6.07) is 13.2. The molecule has 10 nitrogen and oxygen atoms in total. The number of nitrogens with one attached hydrogen (secondary N) is 3. The number of ether oxygens (including phenoxy) is 2. The first-order chi connectivity index (χ1) is 21.4. The zero-order valence-electron chi connectivity index (χ0n) is 25.1. The Labute approximate surface area is 261 Å². The predicted octanol–water partition coefficient (Wildman–Crippen LogP) is 4.42. The minimum Gasteiger partial charge on any atom is -0.477 e. The van der Waals surface area contributed by atoms with Gasteiger partial charge in [0.1, 0.15) is 18.4 Å². The predicted molar refractivity (Wildman–Crippen MR) is 166 cm³/mol. The quantitative estimate of drug-likeness (QED) is 0.167. The zero-order chi connectivity index (χ0) is 32.6. The Morgan fingerprint density at radius 1 is 1.16 bits per heavy atom. The lowest BCUT2D eigenvalue weighted by molar-refractivity contribution is -0.140. The van der Waals surface area contributed by atoms with Crippen molar-refractivity contribution in [3.05, 3.63) is 48.2 Å². The average Bonchev–Trinajstić information content (AvgIpc) is 3.31. The number of hydrogen-bond donors (Lipinski definition) is 4. The minimum atomic E-state index is -4.47. The molecule has 14 heteroatoms. The zero-order valence-corrected chi connectivity index (χ0v) is 25.9. The molecule has 1 saturated carbocycles. The van der Waals surface area contributed by atoms with E-state index in [1.807, 2.05) is 6.07 Å². The Morgan fingerprint density at radius 2 is 1.96 bits per heavy atom. The third-order valence-electron chi connectivity index (χ3n) is 7.68. The molecule has 0 bridgehead atoms. The molecule has 4 rings (SSSR count). The lowest BCUT2D eigenvalue weighted by atomic mass is 9.82. The molecule has 5 N–H and O–H groups in total. The van der Waals surface area contributed by atoms with Gasteiger partial charge in [0.2, 0.25) is 10.0 Å². The summed E-state index contributed by atoms with van der Waals surface area (Å²) in [7, 11) is -2.34. The van der Waals surface area contributed by atoms with Crippen LogP contribution in [-0.4, -0.2) is 64.7 Å². The van der Waals surface area contributed by atoms with Crippen LogP contribution in [0.5, 0.6) is 5.75 Å². The summed E-state index contributed by atoms with van der Waals surface area (Å²) in [6.07, 6.45) is -1.65. The second-order valence-electron chi connectivity index (χ2n) is 11.0. The van der Waals surface area contributed by atoms with Crippen molar-refractivity contribution in [3.63, 3.8) is 0 Å². The van der Waals surface area contributed by atoms with E-state index in [1.165, 1.54) is 18.2 Å². The molecule has 0 amide bonds. The lowest BCUT2D eigenvalue weighted by Gasteiger charge is -2.35. The van der Waals surface area contributed by atoms with Crippen LogP contribution in [0.4, 0.5) is 24.5 Å². The summed E-state index contributed by atoms with van der Waals surface area (Å²) in [5.41, 5.74) is 1.71. The highest BCUT2D eigenvalue weighted by atomic mass is 32.2. The Hall–Kier alpha value is -3.95. The van der Waals surface area contributed by atoms with Crippen molar-refractivity contribution < 1.29 is 31.1 Å². The van der Waals surface area contributed by atoms with Crippen molar-refractivity contribution in [1.29, 1.82) is 5.26 Å². The number of nitrogens with two attached hydrogens (primary N) is 1. The number of methoxy groups -OCH3 is 1. The van der Waals surface area contributed by atoms with E-state index in [0.717, 1.165) is 36.1 Å². The normalized spacial score (nSPS) is 18.6. The monoisotopic (exact) mass is 646 g/mol. The molecule has 0 radical (unpaired) electrons. The van der Waals surface area contributed by atoms with Gasteiger partial charge in [-0.15, -0.1) is 0 Å². The number of nitriles is 1. The molecule has 2 aromatic carbocycles. The van der Waals surface area contributed by atoms with E-state index in [1.54, 1.807) is 31.4 Å². The maximum atomic E-state index is 13.7. The van der Waals surface area contributed by atoms with Crippen LogP contribution < -0.4 is 25.8 Å². The van der Waals surface area contributed by atoms with Crippen LogP contribution >= 0.6 is 0 Å². The Morgan fingerprint density at radius 3 is 2.64 bits per heavy atom. The van der Waals surface area contributed by atoms with E-state index >= 15 is 0 Å². The van der Waals surface area contributed by atoms with Gasteiger partial charge in [-0.25, -0.2) is 13.6 Å². The first-order valence-electron chi connectivity index (χ1n) is 14.5. The molecule has 242 valence electrons. The molecule has 1 aliphatic rings. The van der Waals surface area contributed by atoms with E-state index < -0.39 is 22.7 Å². The molecule has 45 heavy (non-hydrogen) atoms. The van der Waals surface area contributed by atoms with Gasteiger partial charge in [-0.05, 0) is 61.4 Å². The number of rotatable bonds is 12. The summed E-state index contributed by atoms with van der Waals surface area (Å²) < 4.78 is 76.1. The van der Waals surface area contributed by atoms with Crippen molar-refractivity contribution in [1.82, 2.24) is 9.88 Å². The maximum Gasteiger partial charge on any atom is 0.406 e. The smallest absolute Gasteiger partial charge is 0.406 e. The number of aromatic nitrogens is 1. The minimum absolute atomic E-state index is 0.00414. The summed E-state index contributed by atoms with van der Waals surface area (Å²) >= 11 is 0. The van der Waals surface area contributed by atoms with Crippen LogP contribution in [0.25, 0.3) is 10.9 Å². The fourth-order valence-corrected chi connectivity index (χ4v) is 6.12. The topological polar surface area (TPSA) is 143 Å². The second kappa shape index (κ2) is 14.9. The second-order valence-corrected chi connectivity index (χ2v) is 12.5. The summed E-state index contributed by atoms with van der Waals surface area (Å²) in [5, 5.41) is 24.8. The van der Waals surface area contributed by atoms with Crippen LogP contribution in [-0.2, 0) is 21.3 Å². The Bertz CT molecular complexity index is 1690. The fraction of sp³-hybridized carbons (Fsp3) is 0.452. The Balaban J connectivity index is 1.55. The summed E-state index contributed by atoms with van der Waals surface area (Å²) in [5.74, 6) is 6.19. The largest absolute Gasteiger partial charge is 0.477 e. The van der Waals surface area contributed by atoms with Gasteiger partial charge in [-0.2, -0.15) is 18.4 Å². The lowest BCUT2D eigenvalue weighted by Crippen LogP contribution is -2.43. The standard InChI is InChI=1S/C31H37F3N6O4S/c1-21-17-22(8-10-26(21)38-14-16-43-2)39-27-6-3-7-29-25(27)18-23(40(29)20-31(32,33)34)5-4-13-37-28-11-9-24(45(36,41)42)19-30(28)44-15-12-35/h3,6-7,9,11,18-19,21-22,26,37-39H,8,10,13-17,20H2,1-2H3,(H2,36,41,42)/t21-,22+,26?/m0/s1. The molecule has 3 aromatic rings. The van der Waals surface area contributed by atoms with Crippen LogP contribution in [0.15, 0.2) is 47.4 Å². The van der Waals surface area contributed by atoms with E-state index in [-0.39, 0.29) is 35.5 Å².